The van der Waals surface area contributed by atoms with Crippen LogP contribution in [0.15, 0.2) is 24.3 Å². The average molecular weight is 310 g/mol. The minimum absolute atomic E-state index is 0. The van der Waals surface area contributed by atoms with Crippen molar-refractivity contribution in [2.45, 2.75) is 57.2 Å². The summed E-state index contributed by atoms with van der Waals surface area (Å²) in [6.07, 6.45) is 5.04. The molecule has 1 aromatic carbocycles. The SMILES string of the molecule is Cc1ccc(CC(=O)OC2CC3CCC(C2)N3C)cc1.Cl. The van der Waals surface area contributed by atoms with Crippen LogP contribution in [0, 0.1) is 6.92 Å². The largest absolute Gasteiger partial charge is 0.462 e. The summed E-state index contributed by atoms with van der Waals surface area (Å²) in [6, 6.07) is 9.33. The van der Waals surface area contributed by atoms with Gasteiger partial charge in [0.25, 0.3) is 0 Å². The third-order valence-corrected chi connectivity index (χ3v) is 4.82. The zero-order valence-corrected chi connectivity index (χ0v) is 13.6. The molecule has 2 atom stereocenters. The molecule has 3 nitrogen and oxygen atoms in total. The molecule has 2 bridgehead atoms. The Hall–Kier alpha value is -1.06. The lowest BCUT2D eigenvalue weighted by Gasteiger charge is -2.35. The summed E-state index contributed by atoms with van der Waals surface area (Å²) in [6.45, 7) is 2.05. The molecule has 21 heavy (non-hydrogen) atoms. The van der Waals surface area contributed by atoms with Gasteiger partial charge in [0.05, 0.1) is 6.42 Å². The second-order valence-electron chi connectivity index (χ2n) is 6.30. The molecule has 2 heterocycles. The van der Waals surface area contributed by atoms with Crippen LogP contribution in [0.3, 0.4) is 0 Å². The normalized spacial score (nSPS) is 28.0. The number of benzene rings is 1. The first-order valence-corrected chi connectivity index (χ1v) is 7.59. The third kappa shape index (κ3) is 3.78. The number of carbonyl (C=O) groups is 1. The van der Waals surface area contributed by atoms with E-state index in [0.717, 1.165) is 18.4 Å². The monoisotopic (exact) mass is 309 g/mol. The highest BCUT2D eigenvalue weighted by Crippen LogP contribution is 2.35. The van der Waals surface area contributed by atoms with Crippen LogP contribution in [-0.4, -0.2) is 36.1 Å². The fourth-order valence-electron chi connectivity index (χ4n) is 3.56. The van der Waals surface area contributed by atoms with Crippen LogP contribution < -0.4 is 0 Å². The molecule has 0 aliphatic carbocycles. The number of nitrogens with zero attached hydrogens (tertiary/aromatic N) is 1. The number of halogens is 1. The lowest BCUT2D eigenvalue weighted by Crippen LogP contribution is -2.43. The van der Waals surface area contributed by atoms with Crippen LogP contribution in [0.25, 0.3) is 0 Å². The van der Waals surface area contributed by atoms with Crippen molar-refractivity contribution in [1.82, 2.24) is 4.90 Å². The molecule has 0 radical (unpaired) electrons. The number of rotatable bonds is 3. The van der Waals surface area contributed by atoms with E-state index in [1.165, 1.54) is 18.4 Å². The molecule has 0 N–H and O–H groups in total. The molecule has 1 aromatic rings. The van der Waals surface area contributed by atoms with E-state index in [-0.39, 0.29) is 24.5 Å². The van der Waals surface area contributed by atoms with E-state index < -0.39 is 0 Å². The molecular weight excluding hydrogens is 286 g/mol. The summed E-state index contributed by atoms with van der Waals surface area (Å²) < 4.78 is 5.69. The average Bonchev–Trinajstić information content (AvgIpc) is 2.64. The fraction of sp³-hybridized carbons (Fsp3) is 0.588. The highest BCUT2D eigenvalue weighted by molar-refractivity contribution is 5.85. The predicted octanol–water partition coefficient (Wildman–Crippen LogP) is 3.13. The predicted molar refractivity (Wildman–Crippen MR) is 85.8 cm³/mol. The van der Waals surface area contributed by atoms with Gasteiger partial charge in [0.15, 0.2) is 0 Å². The van der Waals surface area contributed by atoms with Crippen LogP contribution >= 0.6 is 12.4 Å². The Bertz CT molecular complexity index is 474. The Kier molecular flexibility index (Phi) is 5.28. The van der Waals surface area contributed by atoms with Crippen molar-refractivity contribution >= 4 is 18.4 Å². The van der Waals surface area contributed by atoms with Crippen molar-refractivity contribution in [2.24, 2.45) is 0 Å². The first kappa shape index (κ1) is 16.3. The van der Waals surface area contributed by atoms with Gasteiger partial charge in [-0.3, -0.25) is 4.79 Å². The number of esters is 1. The van der Waals surface area contributed by atoms with E-state index in [9.17, 15) is 4.79 Å². The van der Waals surface area contributed by atoms with Gasteiger partial charge in [-0.2, -0.15) is 0 Å². The highest BCUT2D eigenvalue weighted by atomic mass is 35.5. The van der Waals surface area contributed by atoms with Gasteiger partial charge in [0, 0.05) is 12.1 Å². The lowest BCUT2D eigenvalue weighted by atomic mass is 10.0. The smallest absolute Gasteiger partial charge is 0.310 e. The van der Waals surface area contributed by atoms with Crippen molar-refractivity contribution in [1.29, 1.82) is 0 Å². The van der Waals surface area contributed by atoms with Gasteiger partial charge in [-0.15, -0.1) is 12.4 Å². The van der Waals surface area contributed by atoms with E-state index in [0.29, 0.717) is 18.5 Å². The van der Waals surface area contributed by atoms with E-state index >= 15 is 0 Å². The van der Waals surface area contributed by atoms with Crippen molar-refractivity contribution in [3.63, 3.8) is 0 Å². The van der Waals surface area contributed by atoms with Gasteiger partial charge in [0.1, 0.15) is 6.10 Å². The highest BCUT2D eigenvalue weighted by Gasteiger charge is 2.39. The van der Waals surface area contributed by atoms with Crippen LogP contribution in [0.4, 0.5) is 0 Å². The van der Waals surface area contributed by atoms with Crippen molar-refractivity contribution in [2.75, 3.05) is 7.05 Å². The molecule has 3 rings (SSSR count). The minimum Gasteiger partial charge on any atom is -0.462 e. The number of fused-ring (bicyclic) bond motifs is 2. The molecule has 0 aromatic heterocycles. The summed E-state index contributed by atoms with van der Waals surface area (Å²) in [5, 5.41) is 0. The van der Waals surface area contributed by atoms with Crippen molar-refractivity contribution in [3.8, 4) is 0 Å². The molecule has 4 heteroatoms. The van der Waals surface area contributed by atoms with Crippen molar-refractivity contribution < 1.29 is 9.53 Å². The molecule has 0 amide bonds. The number of aryl methyl sites for hydroxylation is 1. The van der Waals surface area contributed by atoms with Crippen LogP contribution in [-0.2, 0) is 16.0 Å². The Labute approximate surface area is 133 Å². The quantitative estimate of drug-likeness (QED) is 0.803. The zero-order valence-electron chi connectivity index (χ0n) is 12.7. The summed E-state index contributed by atoms with van der Waals surface area (Å²) >= 11 is 0. The van der Waals surface area contributed by atoms with E-state index in [1.807, 2.05) is 24.3 Å². The maximum absolute atomic E-state index is 12.0. The molecule has 2 saturated heterocycles. The molecule has 0 spiro atoms. The van der Waals surface area contributed by atoms with Gasteiger partial charge < -0.3 is 9.64 Å². The summed E-state index contributed by atoms with van der Waals surface area (Å²) in [7, 11) is 2.20. The zero-order chi connectivity index (χ0) is 14.1. The van der Waals surface area contributed by atoms with Gasteiger partial charge >= 0.3 is 5.97 Å². The standard InChI is InChI=1S/C17H23NO2.ClH/c1-12-3-5-13(6-4-12)9-17(19)20-16-10-14-7-8-15(11-16)18(14)2;/h3-6,14-16H,7-11H2,1-2H3;1H. The van der Waals surface area contributed by atoms with Crippen LogP contribution in [0.2, 0.25) is 0 Å². The van der Waals surface area contributed by atoms with Crippen LogP contribution in [0.5, 0.6) is 0 Å². The number of hydrogen-bond donors (Lipinski definition) is 0. The van der Waals surface area contributed by atoms with Gasteiger partial charge in [-0.25, -0.2) is 0 Å². The number of hydrogen-bond acceptors (Lipinski definition) is 3. The summed E-state index contributed by atoms with van der Waals surface area (Å²) in [4.78, 5) is 14.5. The molecule has 2 fully saturated rings. The molecule has 2 aliphatic heterocycles. The van der Waals surface area contributed by atoms with E-state index in [1.54, 1.807) is 0 Å². The number of carbonyl (C=O) groups excluding carboxylic acids is 1. The van der Waals surface area contributed by atoms with Crippen molar-refractivity contribution in [3.05, 3.63) is 35.4 Å². The Balaban J connectivity index is 0.00000161. The number of piperidine rings is 1. The molecule has 2 aliphatic rings. The maximum atomic E-state index is 12.0. The Morgan fingerprint density at radius 3 is 2.33 bits per heavy atom. The lowest BCUT2D eigenvalue weighted by molar-refractivity contribution is -0.151. The van der Waals surface area contributed by atoms with Crippen LogP contribution in [0.1, 0.15) is 36.8 Å². The maximum Gasteiger partial charge on any atom is 0.310 e. The Morgan fingerprint density at radius 1 is 1.19 bits per heavy atom. The fourth-order valence-corrected chi connectivity index (χ4v) is 3.56. The third-order valence-electron chi connectivity index (χ3n) is 4.82. The Morgan fingerprint density at radius 2 is 1.76 bits per heavy atom. The van der Waals surface area contributed by atoms with E-state index in [2.05, 4.69) is 18.9 Å². The molecule has 116 valence electrons. The summed E-state index contributed by atoms with van der Waals surface area (Å²) in [5.74, 6) is -0.0807. The number of ether oxygens (including phenoxy) is 1. The second kappa shape index (κ2) is 6.80. The molecular formula is C17H24ClNO2. The topological polar surface area (TPSA) is 29.5 Å². The van der Waals surface area contributed by atoms with E-state index in [4.69, 9.17) is 4.74 Å². The molecule has 2 unspecified atom stereocenters. The second-order valence-corrected chi connectivity index (χ2v) is 6.30. The van der Waals surface area contributed by atoms with Gasteiger partial charge in [-0.1, -0.05) is 29.8 Å². The first-order chi connectivity index (χ1) is 9.61. The van der Waals surface area contributed by atoms with Gasteiger partial charge in [-0.05, 0) is 45.2 Å². The first-order valence-electron chi connectivity index (χ1n) is 7.59. The molecule has 0 saturated carbocycles. The summed E-state index contributed by atoms with van der Waals surface area (Å²) in [5.41, 5.74) is 2.26. The van der Waals surface area contributed by atoms with Gasteiger partial charge in [0.2, 0.25) is 0 Å². The minimum atomic E-state index is -0.0807.